The van der Waals surface area contributed by atoms with E-state index in [1.165, 1.54) is 30.5 Å². The summed E-state index contributed by atoms with van der Waals surface area (Å²) in [6.45, 7) is 0. The number of halogens is 3. The predicted octanol–water partition coefficient (Wildman–Crippen LogP) is 3.41. The number of aromatic nitrogens is 3. The number of primary amides is 1. The summed E-state index contributed by atoms with van der Waals surface area (Å²) >= 11 is -2.88. The molecule has 4 N–H and O–H groups in total. The van der Waals surface area contributed by atoms with Crippen molar-refractivity contribution in [3.8, 4) is 11.5 Å². The molecule has 11 nitrogen and oxygen atoms in total. The molecular formula is C23H14F3N6O5S-. The van der Waals surface area contributed by atoms with E-state index in [2.05, 4.69) is 25.6 Å². The van der Waals surface area contributed by atoms with Crippen LogP contribution in [0, 0.1) is 17.5 Å². The minimum absolute atomic E-state index is 0.0192. The molecule has 1 atom stereocenters. The number of nitrogens with one attached hydrogen (secondary N) is 2. The van der Waals surface area contributed by atoms with Gasteiger partial charge in [-0.3, -0.25) is 18.8 Å². The first-order chi connectivity index (χ1) is 18.1. The minimum Gasteiger partial charge on any atom is -0.766 e. The Bertz CT molecular complexity index is 1590. The van der Waals surface area contributed by atoms with Crippen LogP contribution in [0.25, 0.3) is 0 Å². The first-order valence-corrected chi connectivity index (χ1v) is 11.4. The van der Waals surface area contributed by atoms with Gasteiger partial charge < -0.3 is 25.7 Å². The lowest BCUT2D eigenvalue weighted by Gasteiger charge is -2.14. The average Bonchev–Trinajstić information content (AvgIpc) is 2.87. The largest absolute Gasteiger partial charge is 0.766 e. The number of anilines is 3. The van der Waals surface area contributed by atoms with Crippen molar-refractivity contribution in [3.63, 3.8) is 0 Å². The number of benzene rings is 2. The van der Waals surface area contributed by atoms with E-state index in [0.29, 0.717) is 6.07 Å². The summed E-state index contributed by atoms with van der Waals surface area (Å²) in [4.78, 5) is 35.1. The molecule has 0 aliphatic rings. The van der Waals surface area contributed by atoms with Crippen molar-refractivity contribution >= 4 is 40.1 Å². The molecule has 0 aliphatic carbocycles. The molecule has 2 amide bonds. The van der Waals surface area contributed by atoms with Gasteiger partial charge in [0.2, 0.25) is 5.16 Å². The van der Waals surface area contributed by atoms with Gasteiger partial charge in [0.1, 0.15) is 34.5 Å². The second-order valence-electron chi connectivity index (χ2n) is 7.34. The number of ether oxygens (including phenoxy) is 1. The molecule has 2 aromatic heterocycles. The Balaban J connectivity index is 1.60. The number of nitrogens with zero attached hydrogens (tertiary/aromatic N) is 3. The summed E-state index contributed by atoms with van der Waals surface area (Å²) in [5.74, 6) is -5.09. The molecule has 4 aromatic rings. The van der Waals surface area contributed by atoms with Gasteiger partial charge >= 0.3 is 0 Å². The summed E-state index contributed by atoms with van der Waals surface area (Å²) in [7, 11) is 0. The normalized spacial score (nSPS) is 11.5. The van der Waals surface area contributed by atoms with Crippen molar-refractivity contribution in [3.05, 3.63) is 89.6 Å². The van der Waals surface area contributed by atoms with E-state index in [4.69, 9.17) is 10.5 Å². The van der Waals surface area contributed by atoms with Crippen molar-refractivity contribution in [2.24, 2.45) is 5.73 Å². The van der Waals surface area contributed by atoms with Crippen LogP contribution in [-0.2, 0) is 11.1 Å². The predicted molar refractivity (Wildman–Crippen MR) is 126 cm³/mol. The topological polar surface area (TPSA) is 172 Å². The van der Waals surface area contributed by atoms with Crippen molar-refractivity contribution in [1.29, 1.82) is 0 Å². The highest BCUT2D eigenvalue weighted by atomic mass is 32.2. The van der Waals surface area contributed by atoms with Crippen molar-refractivity contribution in [2.45, 2.75) is 5.16 Å². The number of pyridine rings is 1. The van der Waals surface area contributed by atoms with Gasteiger partial charge in [-0.2, -0.15) is 0 Å². The van der Waals surface area contributed by atoms with Crippen LogP contribution in [-0.4, -0.2) is 35.5 Å². The van der Waals surface area contributed by atoms with Gasteiger partial charge in [0.05, 0.1) is 5.69 Å². The first kappa shape index (κ1) is 26.2. The van der Waals surface area contributed by atoms with Crippen molar-refractivity contribution < 1.29 is 36.3 Å². The number of hydrogen-bond donors (Lipinski definition) is 3. The van der Waals surface area contributed by atoms with Crippen LogP contribution in [0.15, 0.2) is 66.1 Å². The molecule has 2 heterocycles. The summed E-state index contributed by atoms with van der Waals surface area (Å²) in [5.41, 5.74) is 4.40. The minimum atomic E-state index is -2.88. The van der Waals surface area contributed by atoms with Crippen LogP contribution in [0.3, 0.4) is 0 Å². The van der Waals surface area contributed by atoms with Gasteiger partial charge in [-0.15, -0.1) is 0 Å². The van der Waals surface area contributed by atoms with E-state index in [9.17, 15) is 31.5 Å². The first-order valence-electron chi connectivity index (χ1n) is 10.3. The van der Waals surface area contributed by atoms with Gasteiger partial charge in [0, 0.05) is 47.4 Å². The molecule has 0 spiro atoms. The highest BCUT2D eigenvalue weighted by Gasteiger charge is 2.18. The molecule has 1 unspecified atom stereocenters. The number of carbonyl (C=O) groups is 2. The van der Waals surface area contributed by atoms with Gasteiger partial charge in [0.15, 0.2) is 11.6 Å². The lowest BCUT2D eigenvalue weighted by molar-refractivity contribution is 0.0993. The second kappa shape index (κ2) is 11.0. The zero-order valence-corrected chi connectivity index (χ0v) is 19.6. The SMILES string of the molecule is NC(=O)c1cc(Oc2ccc(Nc3nc(S(=O)[O-])ncc3C(=O)Nc3ccc(F)cc3F)cc2F)ccn1. The Hall–Kier alpha value is -4.89. The Kier molecular flexibility index (Phi) is 7.59. The third-order valence-corrected chi connectivity index (χ3v) is 5.24. The molecule has 38 heavy (non-hydrogen) atoms. The van der Waals surface area contributed by atoms with E-state index in [1.54, 1.807) is 0 Å². The maximum absolute atomic E-state index is 14.8. The average molecular weight is 543 g/mol. The van der Waals surface area contributed by atoms with E-state index in [-0.39, 0.29) is 39.9 Å². The molecule has 0 aliphatic heterocycles. The molecule has 0 saturated carbocycles. The van der Waals surface area contributed by atoms with Gasteiger partial charge in [-0.1, -0.05) is 0 Å². The van der Waals surface area contributed by atoms with E-state index < -0.39 is 45.5 Å². The lowest BCUT2D eigenvalue weighted by atomic mass is 10.2. The smallest absolute Gasteiger partial charge is 0.267 e. The molecule has 0 bridgehead atoms. The fraction of sp³-hybridized carbons (Fsp3) is 0. The van der Waals surface area contributed by atoms with Crippen LogP contribution in [0.2, 0.25) is 0 Å². The standard InChI is InChI=1S/C23H15F3N6O5S/c24-11-1-3-17(15(25)7-11)31-22(34)14-10-29-23(38(35)36)32-21(14)30-12-2-4-19(16(26)8-12)37-13-5-6-28-18(9-13)20(27)33/h1-10H,(H2,27,33)(H,31,34)(H,35,36)(H,29,30,32)/p-1. The summed E-state index contributed by atoms with van der Waals surface area (Å²) < 4.78 is 70.0. The van der Waals surface area contributed by atoms with E-state index in [0.717, 1.165) is 24.4 Å². The molecule has 4 rings (SSSR count). The number of rotatable bonds is 8. The van der Waals surface area contributed by atoms with Crippen LogP contribution in [0.5, 0.6) is 11.5 Å². The number of nitrogens with two attached hydrogens (primary N) is 1. The summed E-state index contributed by atoms with van der Waals surface area (Å²) in [6, 6.07) is 8.55. The molecule has 0 radical (unpaired) electrons. The second-order valence-corrected chi connectivity index (χ2v) is 8.18. The monoisotopic (exact) mass is 543 g/mol. The van der Waals surface area contributed by atoms with Crippen LogP contribution in [0.1, 0.15) is 20.8 Å². The van der Waals surface area contributed by atoms with Crippen LogP contribution < -0.4 is 21.1 Å². The Labute approximate surface area is 214 Å². The zero-order chi connectivity index (χ0) is 27.4. The highest BCUT2D eigenvalue weighted by molar-refractivity contribution is 7.78. The van der Waals surface area contributed by atoms with Gasteiger partial charge in [-0.25, -0.2) is 23.1 Å². The number of carbonyl (C=O) groups excluding carboxylic acids is 2. The Morgan fingerprint density at radius 2 is 1.79 bits per heavy atom. The third-order valence-electron chi connectivity index (χ3n) is 4.75. The summed E-state index contributed by atoms with van der Waals surface area (Å²) in [5, 5.41) is 4.13. The van der Waals surface area contributed by atoms with Crippen LogP contribution in [0.4, 0.5) is 30.4 Å². The molecule has 2 aromatic carbocycles. The fourth-order valence-corrected chi connectivity index (χ4v) is 3.33. The Morgan fingerprint density at radius 3 is 2.47 bits per heavy atom. The van der Waals surface area contributed by atoms with Crippen LogP contribution >= 0.6 is 0 Å². The maximum Gasteiger partial charge on any atom is 0.267 e. The molecule has 15 heteroatoms. The van der Waals surface area contributed by atoms with E-state index in [1.807, 2.05) is 0 Å². The fourth-order valence-electron chi connectivity index (χ4n) is 3.02. The van der Waals surface area contributed by atoms with Crippen molar-refractivity contribution in [1.82, 2.24) is 15.0 Å². The number of hydrogen-bond acceptors (Lipinski definition) is 9. The molecule has 0 fully saturated rings. The quantitative estimate of drug-likeness (QED) is 0.222. The molecular weight excluding hydrogens is 529 g/mol. The third kappa shape index (κ3) is 6.08. The summed E-state index contributed by atoms with van der Waals surface area (Å²) in [6.07, 6.45) is 2.12. The van der Waals surface area contributed by atoms with Gasteiger partial charge in [0.25, 0.3) is 11.8 Å². The number of amides is 2. The molecule has 194 valence electrons. The zero-order valence-electron chi connectivity index (χ0n) is 18.8. The molecule has 0 saturated heterocycles. The van der Waals surface area contributed by atoms with Gasteiger partial charge in [-0.05, 0) is 30.3 Å². The van der Waals surface area contributed by atoms with E-state index >= 15 is 0 Å². The van der Waals surface area contributed by atoms with Crippen molar-refractivity contribution in [2.75, 3.05) is 10.6 Å². The highest BCUT2D eigenvalue weighted by Crippen LogP contribution is 2.29. The maximum atomic E-state index is 14.8. The Morgan fingerprint density at radius 1 is 1.00 bits per heavy atom. The lowest BCUT2D eigenvalue weighted by Crippen LogP contribution is -2.17.